The van der Waals surface area contributed by atoms with Crippen LogP contribution < -0.4 is 14.8 Å². The molecule has 1 saturated carbocycles. The fourth-order valence-electron chi connectivity index (χ4n) is 3.37. The first kappa shape index (κ1) is 19.7. The number of hydrogen-bond donors (Lipinski definition) is 1. The Hall–Kier alpha value is -2.61. The van der Waals surface area contributed by atoms with E-state index < -0.39 is 0 Å². The Labute approximate surface area is 174 Å². The molecule has 1 aromatic carbocycles. The van der Waals surface area contributed by atoms with Crippen LogP contribution in [0.25, 0.3) is 0 Å². The van der Waals surface area contributed by atoms with E-state index in [2.05, 4.69) is 10.3 Å². The minimum atomic E-state index is -0.0574. The van der Waals surface area contributed by atoms with E-state index in [9.17, 15) is 9.59 Å². The molecule has 7 nitrogen and oxygen atoms in total. The zero-order valence-electron chi connectivity index (χ0n) is 16.5. The lowest BCUT2D eigenvalue weighted by Gasteiger charge is -2.26. The highest BCUT2D eigenvalue weighted by Crippen LogP contribution is 2.31. The van der Waals surface area contributed by atoms with Crippen molar-refractivity contribution in [3.05, 3.63) is 34.8 Å². The maximum atomic E-state index is 12.6. The Kier molecular flexibility index (Phi) is 5.99. The molecule has 1 aromatic heterocycles. The topological polar surface area (TPSA) is 80.8 Å². The van der Waals surface area contributed by atoms with Gasteiger partial charge in [-0.2, -0.15) is 0 Å². The second-order valence-corrected chi connectivity index (χ2v) is 8.35. The maximum absolute atomic E-state index is 12.6. The lowest BCUT2D eigenvalue weighted by Crippen LogP contribution is -2.38. The summed E-state index contributed by atoms with van der Waals surface area (Å²) in [7, 11) is 0. The number of carbonyl (C=O) groups is 2. The molecule has 2 amide bonds. The third-order valence-electron chi connectivity index (χ3n) is 5.29. The van der Waals surface area contributed by atoms with Gasteiger partial charge >= 0.3 is 0 Å². The van der Waals surface area contributed by atoms with Crippen molar-refractivity contribution < 1.29 is 19.1 Å². The minimum absolute atomic E-state index is 0.00656. The fraction of sp³-hybridized carbons (Fsp3) is 0.476. The summed E-state index contributed by atoms with van der Waals surface area (Å²) in [4.78, 5) is 32.1. The lowest BCUT2D eigenvalue weighted by atomic mass is 9.85. The molecule has 0 radical (unpaired) electrons. The molecule has 0 bridgehead atoms. The van der Waals surface area contributed by atoms with Gasteiger partial charge in [0.1, 0.15) is 11.5 Å². The molecule has 8 heteroatoms. The van der Waals surface area contributed by atoms with Crippen LogP contribution in [0, 0.1) is 5.92 Å². The highest BCUT2D eigenvalue weighted by molar-refractivity contribution is 7.15. The average Bonchev–Trinajstić information content (AvgIpc) is 3.07. The van der Waals surface area contributed by atoms with E-state index >= 15 is 0 Å². The number of amides is 2. The summed E-state index contributed by atoms with van der Waals surface area (Å²) in [6, 6.07) is 7.25. The molecule has 1 aliphatic carbocycles. The summed E-state index contributed by atoms with van der Waals surface area (Å²) in [5, 5.41) is 3.58. The highest BCUT2D eigenvalue weighted by atomic mass is 32.1. The molecule has 0 unspecified atom stereocenters. The molecule has 29 heavy (non-hydrogen) atoms. The van der Waals surface area contributed by atoms with Gasteiger partial charge in [-0.1, -0.05) is 17.8 Å². The number of aromatic nitrogens is 1. The van der Waals surface area contributed by atoms with E-state index in [-0.39, 0.29) is 24.3 Å². The van der Waals surface area contributed by atoms with E-state index in [1.807, 2.05) is 19.1 Å². The van der Waals surface area contributed by atoms with Gasteiger partial charge in [-0.3, -0.25) is 9.59 Å². The van der Waals surface area contributed by atoms with Crippen LogP contribution in [-0.2, 0) is 22.6 Å². The number of benzene rings is 1. The molecule has 154 valence electrons. The summed E-state index contributed by atoms with van der Waals surface area (Å²) in [5.41, 5.74) is 0.982. The predicted octanol–water partition coefficient (Wildman–Crippen LogP) is 3.24. The third kappa shape index (κ3) is 4.70. The minimum Gasteiger partial charge on any atom is -0.494 e. The zero-order chi connectivity index (χ0) is 20.2. The normalized spacial score (nSPS) is 16.0. The molecule has 0 spiro atoms. The van der Waals surface area contributed by atoms with Gasteiger partial charge < -0.3 is 19.7 Å². The van der Waals surface area contributed by atoms with Crippen molar-refractivity contribution in [2.45, 2.75) is 39.2 Å². The fourth-order valence-corrected chi connectivity index (χ4v) is 4.40. The largest absolute Gasteiger partial charge is 0.494 e. The number of nitrogens with one attached hydrogen (secondary N) is 1. The van der Waals surface area contributed by atoms with E-state index in [1.165, 1.54) is 11.3 Å². The monoisotopic (exact) mass is 415 g/mol. The van der Waals surface area contributed by atoms with Crippen molar-refractivity contribution in [2.75, 3.05) is 25.1 Å². The van der Waals surface area contributed by atoms with Crippen LogP contribution in [0.5, 0.6) is 11.5 Å². The van der Waals surface area contributed by atoms with E-state index in [1.54, 1.807) is 17.0 Å². The lowest BCUT2D eigenvalue weighted by molar-refractivity contribution is -0.134. The Bertz CT molecular complexity index is 877. The van der Waals surface area contributed by atoms with Gasteiger partial charge in [-0.05, 0) is 44.0 Å². The van der Waals surface area contributed by atoms with E-state index in [0.29, 0.717) is 37.0 Å². The molecule has 0 atom stereocenters. The average molecular weight is 416 g/mol. The Morgan fingerprint density at radius 2 is 1.93 bits per heavy atom. The van der Waals surface area contributed by atoms with Crippen LogP contribution >= 0.6 is 11.3 Å². The van der Waals surface area contributed by atoms with Gasteiger partial charge in [-0.25, -0.2) is 4.98 Å². The van der Waals surface area contributed by atoms with Crippen LogP contribution in [0.1, 0.15) is 36.8 Å². The predicted molar refractivity (Wildman–Crippen MR) is 110 cm³/mol. The van der Waals surface area contributed by atoms with E-state index in [0.717, 1.165) is 35.6 Å². The van der Waals surface area contributed by atoms with Crippen LogP contribution in [0.4, 0.5) is 5.13 Å². The van der Waals surface area contributed by atoms with Crippen molar-refractivity contribution in [1.82, 2.24) is 9.88 Å². The standard InChI is InChI=1S/C21H25N3O4S/c1-2-27-15-6-8-16(9-7-15)28-13-19(25)24-11-10-17-18(12-24)29-21(22-17)23-20(26)14-4-3-5-14/h6-9,14H,2-5,10-13H2,1H3,(H,22,23,26). The van der Waals surface area contributed by atoms with Crippen LogP contribution in [0.3, 0.4) is 0 Å². The summed E-state index contributed by atoms with van der Waals surface area (Å²) >= 11 is 1.47. The second kappa shape index (κ2) is 8.82. The Balaban J connectivity index is 1.29. The molecular formula is C21H25N3O4S. The molecule has 2 aromatic rings. The number of hydrogen-bond acceptors (Lipinski definition) is 6. The molecule has 4 rings (SSSR count). The number of anilines is 1. The smallest absolute Gasteiger partial charge is 0.260 e. The van der Waals surface area contributed by atoms with Gasteiger partial charge in [0.05, 0.1) is 18.8 Å². The first-order valence-electron chi connectivity index (χ1n) is 10.0. The Morgan fingerprint density at radius 1 is 1.21 bits per heavy atom. The number of rotatable bonds is 7. The van der Waals surface area contributed by atoms with Crippen molar-refractivity contribution in [2.24, 2.45) is 5.92 Å². The van der Waals surface area contributed by atoms with E-state index in [4.69, 9.17) is 9.47 Å². The Morgan fingerprint density at radius 3 is 2.59 bits per heavy atom. The number of nitrogens with zero attached hydrogens (tertiary/aromatic N) is 2. The first-order chi connectivity index (χ1) is 14.1. The van der Waals surface area contributed by atoms with Gasteiger partial charge in [0.15, 0.2) is 11.7 Å². The molecule has 1 fully saturated rings. The second-order valence-electron chi connectivity index (χ2n) is 7.26. The van der Waals surface area contributed by atoms with Crippen molar-refractivity contribution in [1.29, 1.82) is 0 Å². The van der Waals surface area contributed by atoms with Crippen LogP contribution in [0.15, 0.2) is 24.3 Å². The maximum Gasteiger partial charge on any atom is 0.260 e. The molecule has 2 heterocycles. The molecule has 0 saturated heterocycles. The first-order valence-corrected chi connectivity index (χ1v) is 10.9. The number of thiazole rings is 1. The van der Waals surface area contributed by atoms with Gasteiger partial charge in [-0.15, -0.1) is 0 Å². The summed E-state index contributed by atoms with van der Waals surface area (Å²) in [6.07, 6.45) is 3.75. The molecular weight excluding hydrogens is 390 g/mol. The van der Waals surface area contributed by atoms with Gasteiger partial charge in [0.25, 0.3) is 5.91 Å². The van der Waals surface area contributed by atoms with Crippen LogP contribution in [-0.4, -0.2) is 41.5 Å². The molecule has 2 aliphatic rings. The summed E-state index contributed by atoms with van der Waals surface area (Å²) in [5.74, 6) is 1.56. The van der Waals surface area contributed by atoms with Crippen LogP contribution in [0.2, 0.25) is 0 Å². The number of ether oxygens (including phenoxy) is 2. The molecule has 1 aliphatic heterocycles. The van der Waals surface area contributed by atoms with Gasteiger partial charge in [0, 0.05) is 23.8 Å². The van der Waals surface area contributed by atoms with Gasteiger partial charge in [0.2, 0.25) is 5.91 Å². The number of fused-ring (bicyclic) bond motifs is 1. The number of carbonyl (C=O) groups excluding carboxylic acids is 2. The molecule has 1 N–H and O–H groups in total. The quantitative estimate of drug-likeness (QED) is 0.751. The summed E-state index contributed by atoms with van der Waals surface area (Å²) < 4.78 is 11.0. The summed E-state index contributed by atoms with van der Waals surface area (Å²) in [6.45, 7) is 3.66. The van der Waals surface area contributed by atoms with Crippen molar-refractivity contribution in [3.63, 3.8) is 0 Å². The SMILES string of the molecule is CCOc1ccc(OCC(=O)N2CCc3nc(NC(=O)C4CCC4)sc3C2)cc1. The zero-order valence-corrected chi connectivity index (χ0v) is 17.3. The van der Waals surface area contributed by atoms with Crippen molar-refractivity contribution >= 4 is 28.3 Å². The van der Waals surface area contributed by atoms with Crippen molar-refractivity contribution in [3.8, 4) is 11.5 Å². The third-order valence-corrected chi connectivity index (χ3v) is 6.28. The highest BCUT2D eigenvalue weighted by Gasteiger charge is 2.28.